The highest BCUT2D eigenvalue weighted by Crippen LogP contribution is 2.16. The van der Waals surface area contributed by atoms with Gasteiger partial charge in [-0.1, -0.05) is 24.3 Å². The maximum atomic E-state index is 8.64. The van der Waals surface area contributed by atoms with Crippen LogP contribution in [0, 0.1) is 29.6 Å². The molecule has 0 aromatic heterocycles. The summed E-state index contributed by atoms with van der Waals surface area (Å²) < 4.78 is 0. The summed E-state index contributed by atoms with van der Waals surface area (Å²) in [6, 6.07) is 10.9. The van der Waals surface area contributed by atoms with Crippen LogP contribution >= 0.6 is 0 Å². The molecule has 68 valence electrons. The van der Waals surface area contributed by atoms with Crippen molar-refractivity contribution in [2.45, 2.75) is 6.92 Å². The lowest BCUT2D eigenvalue weighted by molar-refractivity contribution is 1.37. The molecule has 14 heavy (non-hydrogen) atoms. The Morgan fingerprint density at radius 2 is 1.79 bits per heavy atom. The van der Waals surface area contributed by atoms with Crippen molar-refractivity contribution in [3.8, 4) is 12.1 Å². The second-order valence-corrected chi connectivity index (χ2v) is 2.83. The average Bonchev–Trinajstić information content (AvgIpc) is 2.20. The van der Waals surface area contributed by atoms with E-state index in [1.54, 1.807) is 18.2 Å². The molecule has 0 spiro atoms. The molecule has 0 bridgehead atoms. The molecule has 0 atom stereocenters. The molecule has 0 aliphatic heterocycles. The average molecular weight is 183 g/mol. The minimum Gasteiger partial charge on any atom is -0.397 e. The zero-order valence-electron chi connectivity index (χ0n) is 7.78. The first-order chi connectivity index (χ1) is 6.70. The van der Waals surface area contributed by atoms with Crippen LogP contribution in [0.25, 0.3) is 5.70 Å². The van der Waals surface area contributed by atoms with Crippen LogP contribution in [0.15, 0.2) is 29.8 Å². The number of allylic oxidation sites excluding steroid dienone is 1. The zero-order chi connectivity index (χ0) is 10.6. The van der Waals surface area contributed by atoms with E-state index in [1.807, 2.05) is 25.1 Å². The quantitative estimate of drug-likeness (QED) is 0.673. The molecule has 0 heterocycles. The van der Waals surface area contributed by atoms with Gasteiger partial charge in [0.1, 0.15) is 12.1 Å². The van der Waals surface area contributed by atoms with E-state index in [-0.39, 0.29) is 11.3 Å². The number of rotatable bonds is 1. The summed E-state index contributed by atoms with van der Waals surface area (Å²) in [5.74, 6) is 0. The molecule has 2 N–H and O–H groups in total. The summed E-state index contributed by atoms with van der Waals surface area (Å²) in [4.78, 5) is 0. The number of aryl methyl sites for hydroxylation is 1. The van der Waals surface area contributed by atoms with E-state index in [0.717, 1.165) is 11.1 Å². The third-order valence-electron chi connectivity index (χ3n) is 1.93. The van der Waals surface area contributed by atoms with Crippen LogP contribution in [0.4, 0.5) is 0 Å². The van der Waals surface area contributed by atoms with Crippen molar-refractivity contribution in [3.05, 3.63) is 41.0 Å². The summed E-state index contributed by atoms with van der Waals surface area (Å²) in [7, 11) is 0. The molecule has 0 aliphatic carbocycles. The lowest BCUT2D eigenvalue weighted by atomic mass is 10.0. The maximum Gasteiger partial charge on any atom is 0.153 e. The fourth-order valence-corrected chi connectivity index (χ4v) is 1.16. The van der Waals surface area contributed by atoms with Gasteiger partial charge in [-0.15, -0.1) is 0 Å². The second-order valence-electron chi connectivity index (χ2n) is 2.83. The number of nitrogens with zero attached hydrogens (tertiary/aromatic N) is 2. The largest absolute Gasteiger partial charge is 0.397 e. The molecule has 0 unspecified atom stereocenters. The predicted octanol–water partition coefficient (Wildman–Crippen LogP) is 1.71. The second kappa shape index (κ2) is 4.11. The monoisotopic (exact) mass is 183 g/mol. The smallest absolute Gasteiger partial charge is 0.153 e. The van der Waals surface area contributed by atoms with E-state index in [0.29, 0.717) is 0 Å². The summed E-state index contributed by atoms with van der Waals surface area (Å²) in [6.45, 7) is 1.88. The summed E-state index contributed by atoms with van der Waals surface area (Å²) in [5.41, 5.74) is 7.59. The van der Waals surface area contributed by atoms with Gasteiger partial charge in [0.2, 0.25) is 0 Å². The maximum absolute atomic E-state index is 8.64. The van der Waals surface area contributed by atoms with Crippen molar-refractivity contribution in [2.24, 2.45) is 5.73 Å². The van der Waals surface area contributed by atoms with Gasteiger partial charge in [0.25, 0.3) is 0 Å². The first kappa shape index (κ1) is 9.83. The van der Waals surface area contributed by atoms with Gasteiger partial charge in [0, 0.05) is 5.56 Å². The number of benzene rings is 1. The Kier molecular flexibility index (Phi) is 2.89. The Labute approximate surface area is 82.7 Å². The molecule has 3 nitrogen and oxygen atoms in total. The van der Waals surface area contributed by atoms with Gasteiger partial charge < -0.3 is 5.73 Å². The van der Waals surface area contributed by atoms with Crippen molar-refractivity contribution in [1.29, 1.82) is 10.5 Å². The molecule has 0 aliphatic rings. The lowest BCUT2D eigenvalue weighted by Crippen LogP contribution is -2.01. The van der Waals surface area contributed by atoms with Crippen molar-refractivity contribution < 1.29 is 0 Å². The summed E-state index contributed by atoms with van der Waals surface area (Å²) in [6.07, 6.45) is 0. The van der Waals surface area contributed by atoms with Gasteiger partial charge in [-0.2, -0.15) is 10.5 Å². The topological polar surface area (TPSA) is 73.6 Å². The van der Waals surface area contributed by atoms with Crippen molar-refractivity contribution in [3.63, 3.8) is 0 Å². The molecule has 0 radical (unpaired) electrons. The first-order valence-electron chi connectivity index (χ1n) is 4.06. The van der Waals surface area contributed by atoms with Gasteiger partial charge in [0.05, 0.1) is 5.70 Å². The normalized spacial score (nSPS) is 8.50. The molecular formula is C11H9N3. The van der Waals surface area contributed by atoms with Crippen LogP contribution in [-0.4, -0.2) is 0 Å². The van der Waals surface area contributed by atoms with E-state index in [9.17, 15) is 0 Å². The predicted molar refractivity (Wildman–Crippen MR) is 53.5 cm³/mol. The Bertz CT molecular complexity index is 442. The lowest BCUT2D eigenvalue weighted by Gasteiger charge is -2.04. The Balaban J connectivity index is 3.35. The Morgan fingerprint density at radius 3 is 2.29 bits per heavy atom. The molecule has 1 aromatic carbocycles. The molecule has 0 amide bonds. The van der Waals surface area contributed by atoms with Gasteiger partial charge >= 0.3 is 0 Å². The molecular weight excluding hydrogens is 174 g/mol. The van der Waals surface area contributed by atoms with Crippen LogP contribution in [0.3, 0.4) is 0 Å². The standard InChI is InChI=1S/C11H9N3/c1-8-4-2-3-5-10(8)11(14)9(6-12)7-13/h2-5H,14H2,1H3. The molecule has 0 saturated heterocycles. The Morgan fingerprint density at radius 1 is 1.21 bits per heavy atom. The molecule has 3 heteroatoms. The van der Waals surface area contributed by atoms with Crippen LogP contribution in [0.2, 0.25) is 0 Å². The van der Waals surface area contributed by atoms with Crippen LogP contribution in [-0.2, 0) is 0 Å². The van der Waals surface area contributed by atoms with E-state index in [4.69, 9.17) is 16.3 Å². The van der Waals surface area contributed by atoms with Crippen molar-refractivity contribution in [1.82, 2.24) is 0 Å². The number of hydrogen-bond acceptors (Lipinski definition) is 3. The fraction of sp³-hybridized carbons (Fsp3) is 0.0909. The third kappa shape index (κ3) is 1.73. The minimum absolute atomic E-state index is 0.0423. The van der Waals surface area contributed by atoms with Crippen LogP contribution < -0.4 is 5.73 Å². The highest BCUT2D eigenvalue weighted by molar-refractivity contribution is 5.74. The minimum atomic E-state index is -0.0423. The van der Waals surface area contributed by atoms with E-state index in [2.05, 4.69) is 0 Å². The van der Waals surface area contributed by atoms with Gasteiger partial charge in [-0.3, -0.25) is 0 Å². The molecule has 1 aromatic rings. The van der Waals surface area contributed by atoms with Gasteiger partial charge in [-0.25, -0.2) is 0 Å². The number of hydrogen-bond donors (Lipinski definition) is 1. The molecule has 0 fully saturated rings. The SMILES string of the molecule is Cc1ccccc1C(N)=C(C#N)C#N. The third-order valence-corrected chi connectivity index (χ3v) is 1.93. The summed E-state index contributed by atoms with van der Waals surface area (Å²) >= 11 is 0. The van der Waals surface area contributed by atoms with E-state index >= 15 is 0 Å². The fourth-order valence-electron chi connectivity index (χ4n) is 1.16. The number of nitriles is 2. The van der Waals surface area contributed by atoms with E-state index in [1.165, 1.54) is 0 Å². The Hall–Kier alpha value is -2.26. The number of nitrogens with two attached hydrogens (primary N) is 1. The van der Waals surface area contributed by atoms with Crippen molar-refractivity contribution in [2.75, 3.05) is 0 Å². The van der Waals surface area contributed by atoms with Gasteiger partial charge in [0.15, 0.2) is 5.57 Å². The van der Waals surface area contributed by atoms with Gasteiger partial charge in [-0.05, 0) is 12.5 Å². The van der Waals surface area contributed by atoms with Crippen LogP contribution in [0.5, 0.6) is 0 Å². The zero-order valence-corrected chi connectivity index (χ0v) is 7.78. The van der Waals surface area contributed by atoms with E-state index < -0.39 is 0 Å². The molecule has 0 saturated carbocycles. The highest BCUT2D eigenvalue weighted by Gasteiger charge is 2.06. The van der Waals surface area contributed by atoms with Crippen molar-refractivity contribution >= 4 is 5.70 Å². The molecule has 1 rings (SSSR count). The van der Waals surface area contributed by atoms with Crippen LogP contribution in [0.1, 0.15) is 11.1 Å². The highest BCUT2D eigenvalue weighted by atomic mass is 14.6. The first-order valence-corrected chi connectivity index (χ1v) is 4.06. The summed E-state index contributed by atoms with van der Waals surface area (Å²) in [5, 5.41) is 17.3.